The molecule has 3 heterocycles. The predicted octanol–water partition coefficient (Wildman–Crippen LogP) is 1.40. The summed E-state index contributed by atoms with van der Waals surface area (Å²) in [6, 6.07) is 3.23. The number of ether oxygens (including phenoxy) is 1. The topological polar surface area (TPSA) is 71.5 Å². The Hall–Kier alpha value is -2.21. The molecule has 6 nitrogen and oxygen atoms in total. The summed E-state index contributed by atoms with van der Waals surface area (Å²) in [4.78, 5) is 29.5. The summed E-state index contributed by atoms with van der Waals surface area (Å²) in [6.45, 7) is 1.86. The smallest absolute Gasteiger partial charge is 0.329 e. The number of pyridine rings is 1. The Kier molecular flexibility index (Phi) is 3.96. The minimum absolute atomic E-state index is 0.261. The predicted molar refractivity (Wildman–Crippen MR) is 76.0 cm³/mol. The van der Waals surface area contributed by atoms with E-state index in [0.29, 0.717) is 31.4 Å². The number of amides is 3. The Labute approximate surface area is 122 Å². The number of urea groups is 1. The first-order valence-electron chi connectivity index (χ1n) is 7.06. The van der Waals surface area contributed by atoms with Crippen molar-refractivity contribution in [3.8, 4) is 0 Å². The van der Waals surface area contributed by atoms with E-state index in [-0.39, 0.29) is 11.9 Å². The average molecular weight is 287 g/mol. The van der Waals surface area contributed by atoms with Crippen molar-refractivity contribution < 1.29 is 14.3 Å². The maximum absolute atomic E-state index is 12.3. The molecule has 3 amide bonds. The molecule has 2 fully saturated rings. The van der Waals surface area contributed by atoms with Crippen LogP contribution in [0.15, 0.2) is 30.2 Å². The maximum Gasteiger partial charge on any atom is 0.329 e. The highest BCUT2D eigenvalue weighted by atomic mass is 16.5. The lowest BCUT2D eigenvalue weighted by molar-refractivity contribution is -0.123. The molecule has 0 radical (unpaired) electrons. The van der Waals surface area contributed by atoms with Crippen LogP contribution in [0.1, 0.15) is 18.4 Å². The fourth-order valence-electron chi connectivity index (χ4n) is 2.55. The maximum atomic E-state index is 12.3. The summed E-state index contributed by atoms with van der Waals surface area (Å²) in [5, 5.41) is 2.64. The van der Waals surface area contributed by atoms with Gasteiger partial charge in [-0.05, 0) is 42.5 Å². The van der Waals surface area contributed by atoms with Crippen LogP contribution in [0, 0.1) is 5.92 Å². The molecule has 1 N–H and O–H groups in total. The Balaban J connectivity index is 1.71. The van der Waals surface area contributed by atoms with Gasteiger partial charge in [0.2, 0.25) is 0 Å². The van der Waals surface area contributed by atoms with E-state index in [1.54, 1.807) is 30.6 Å². The summed E-state index contributed by atoms with van der Waals surface area (Å²) in [5.74, 6) is 0.0667. The van der Waals surface area contributed by atoms with Crippen LogP contribution in [0.3, 0.4) is 0 Å². The second-order valence-corrected chi connectivity index (χ2v) is 5.24. The van der Waals surface area contributed by atoms with Crippen LogP contribution in [0.25, 0.3) is 6.08 Å². The van der Waals surface area contributed by atoms with Gasteiger partial charge >= 0.3 is 6.03 Å². The van der Waals surface area contributed by atoms with Crippen LogP contribution in [0.4, 0.5) is 4.79 Å². The quantitative estimate of drug-likeness (QED) is 0.674. The van der Waals surface area contributed by atoms with Crippen LogP contribution in [0.5, 0.6) is 0 Å². The lowest BCUT2D eigenvalue weighted by atomic mass is 10.00. The van der Waals surface area contributed by atoms with Crippen LogP contribution in [0.2, 0.25) is 0 Å². The first-order chi connectivity index (χ1) is 10.2. The van der Waals surface area contributed by atoms with Crippen molar-refractivity contribution in [1.82, 2.24) is 15.2 Å². The van der Waals surface area contributed by atoms with Gasteiger partial charge in [0.15, 0.2) is 0 Å². The van der Waals surface area contributed by atoms with Crippen LogP contribution < -0.4 is 5.32 Å². The van der Waals surface area contributed by atoms with Gasteiger partial charge in [-0.25, -0.2) is 4.79 Å². The summed E-state index contributed by atoms with van der Waals surface area (Å²) in [5.41, 5.74) is 1.15. The molecule has 21 heavy (non-hydrogen) atoms. The van der Waals surface area contributed by atoms with E-state index < -0.39 is 0 Å². The van der Waals surface area contributed by atoms with E-state index in [1.165, 1.54) is 4.90 Å². The highest BCUT2D eigenvalue weighted by molar-refractivity contribution is 6.13. The first kappa shape index (κ1) is 13.8. The lowest BCUT2D eigenvalue weighted by Gasteiger charge is -2.25. The normalized spacial score (nSPS) is 21.9. The minimum atomic E-state index is -0.341. The molecule has 3 rings (SSSR count). The second-order valence-electron chi connectivity index (χ2n) is 5.24. The third kappa shape index (κ3) is 3.11. The summed E-state index contributed by atoms with van der Waals surface area (Å²) in [7, 11) is 0. The van der Waals surface area contributed by atoms with E-state index in [2.05, 4.69) is 10.3 Å². The summed E-state index contributed by atoms with van der Waals surface area (Å²) >= 11 is 0. The van der Waals surface area contributed by atoms with E-state index in [9.17, 15) is 9.59 Å². The Morgan fingerprint density at radius 1 is 1.29 bits per heavy atom. The van der Waals surface area contributed by atoms with Gasteiger partial charge in [0.1, 0.15) is 5.70 Å². The second kappa shape index (κ2) is 6.05. The highest BCUT2D eigenvalue weighted by Crippen LogP contribution is 2.20. The number of carbonyl (C=O) groups excluding carboxylic acids is 2. The molecule has 0 bridgehead atoms. The third-order valence-electron chi connectivity index (χ3n) is 3.76. The van der Waals surface area contributed by atoms with Gasteiger partial charge in [0, 0.05) is 32.2 Å². The van der Waals surface area contributed by atoms with Gasteiger partial charge in [-0.3, -0.25) is 14.7 Å². The number of imide groups is 1. The van der Waals surface area contributed by atoms with Gasteiger partial charge in [0.05, 0.1) is 0 Å². The molecule has 0 saturated carbocycles. The summed E-state index contributed by atoms with van der Waals surface area (Å²) in [6.07, 6.45) is 6.74. The average Bonchev–Trinajstić information content (AvgIpc) is 2.77. The van der Waals surface area contributed by atoms with Gasteiger partial charge in [-0.2, -0.15) is 0 Å². The van der Waals surface area contributed by atoms with Gasteiger partial charge in [0.25, 0.3) is 5.91 Å². The number of aromatic nitrogens is 1. The number of hydrogen-bond acceptors (Lipinski definition) is 4. The largest absolute Gasteiger partial charge is 0.381 e. The number of hydrogen-bond donors (Lipinski definition) is 1. The molecular formula is C15H17N3O3. The first-order valence-corrected chi connectivity index (χ1v) is 7.06. The van der Waals surface area contributed by atoms with E-state index in [4.69, 9.17) is 4.74 Å². The fraction of sp³-hybridized carbons (Fsp3) is 0.400. The molecule has 110 valence electrons. The summed E-state index contributed by atoms with van der Waals surface area (Å²) < 4.78 is 5.30. The van der Waals surface area contributed by atoms with Gasteiger partial charge in [-0.15, -0.1) is 0 Å². The van der Waals surface area contributed by atoms with E-state index in [1.807, 2.05) is 0 Å². The molecule has 0 unspecified atom stereocenters. The van der Waals surface area contributed by atoms with Crippen molar-refractivity contribution in [2.75, 3.05) is 19.8 Å². The monoisotopic (exact) mass is 287 g/mol. The third-order valence-corrected chi connectivity index (χ3v) is 3.76. The van der Waals surface area contributed by atoms with E-state index >= 15 is 0 Å². The van der Waals surface area contributed by atoms with Crippen molar-refractivity contribution in [3.05, 3.63) is 35.8 Å². The van der Waals surface area contributed by atoms with Crippen LogP contribution >= 0.6 is 0 Å². The van der Waals surface area contributed by atoms with Gasteiger partial charge in [-0.1, -0.05) is 0 Å². The van der Waals surface area contributed by atoms with Crippen molar-refractivity contribution in [2.45, 2.75) is 12.8 Å². The molecule has 2 aliphatic rings. The number of carbonyl (C=O) groups is 2. The number of rotatable bonds is 3. The van der Waals surface area contributed by atoms with Gasteiger partial charge < -0.3 is 10.1 Å². The zero-order valence-corrected chi connectivity index (χ0v) is 11.6. The Morgan fingerprint density at radius 2 is 2.00 bits per heavy atom. The molecule has 0 aliphatic carbocycles. The highest BCUT2D eigenvalue weighted by Gasteiger charge is 2.35. The van der Waals surface area contributed by atoms with Crippen molar-refractivity contribution in [3.63, 3.8) is 0 Å². The van der Waals surface area contributed by atoms with Crippen molar-refractivity contribution in [1.29, 1.82) is 0 Å². The molecule has 0 atom stereocenters. The fourth-order valence-corrected chi connectivity index (χ4v) is 2.55. The lowest BCUT2D eigenvalue weighted by Crippen LogP contribution is -2.37. The number of nitrogens with one attached hydrogen (secondary N) is 1. The van der Waals surface area contributed by atoms with E-state index in [0.717, 1.165) is 18.4 Å². The molecule has 2 aliphatic heterocycles. The molecule has 2 saturated heterocycles. The zero-order valence-electron chi connectivity index (χ0n) is 11.6. The minimum Gasteiger partial charge on any atom is -0.381 e. The Morgan fingerprint density at radius 3 is 2.71 bits per heavy atom. The Bertz CT molecular complexity index is 565. The number of nitrogens with zero attached hydrogens (tertiary/aromatic N) is 2. The van der Waals surface area contributed by atoms with Crippen molar-refractivity contribution >= 4 is 18.0 Å². The molecule has 0 spiro atoms. The standard InChI is InChI=1S/C15H17N3O3/c19-14-13(9-11-1-5-16-6-2-11)17-15(20)18(14)10-12-3-7-21-8-4-12/h1-2,5-6,9,12H,3-4,7-8,10H2,(H,17,20)/b13-9-. The SMILES string of the molecule is O=C1N/C(=C\c2ccncc2)C(=O)N1CC1CCOCC1. The molecule has 6 heteroatoms. The molecule has 1 aromatic heterocycles. The van der Waals surface area contributed by atoms with Crippen LogP contribution in [-0.4, -0.2) is 41.6 Å². The molecule has 0 aromatic carbocycles. The molecular weight excluding hydrogens is 270 g/mol. The zero-order chi connectivity index (χ0) is 14.7. The molecule has 1 aromatic rings. The van der Waals surface area contributed by atoms with Crippen molar-refractivity contribution in [2.24, 2.45) is 5.92 Å². The van der Waals surface area contributed by atoms with Crippen LogP contribution in [-0.2, 0) is 9.53 Å².